The van der Waals surface area contributed by atoms with E-state index in [2.05, 4.69) is 15.9 Å². The number of piperidine rings is 1. The van der Waals surface area contributed by atoms with Gasteiger partial charge in [0.05, 0.1) is 0 Å². The van der Waals surface area contributed by atoms with E-state index in [1.165, 1.54) is 0 Å². The number of piperazine rings is 1. The fraction of sp³-hybridized carbons (Fsp3) is 0.500. The topological polar surface area (TPSA) is 49.6 Å². The van der Waals surface area contributed by atoms with E-state index < -0.39 is 23.4 Å². The number of nitrogens with two attached hydrogens (primary N) is 1. The van der Waals surface area contributed by atoms with Gasteiger partial charge >= 0.3 is 0 Å². The summed E-state index contributed by atoms with van der Waals surface area (Å²) in [5, 5.41) is 0. The summed E-state index contributed by atoms with van der Waals surface area (Å²) in [5.74, 6) is -3.31. The lowest BCUT2D eigenvalue weighted by Crippen LogP contribution is -2.57. The van der Waals surface area contributed by atoms with Crippen LogP contribution in [0.5, 0.6) is 0 Å². The summed E-state index contributed by atoms with van der Waals surface area (Å²) in [4.78, 5) is 16.2. The van der Waals surface area contributed by atoms with Gasteiger partial charge in [-0.1, -0.05) is 13.0 Å². The molecule has 4 aliphatic rings. The monoisotopic (exact) mass is 403 g/mol. The minimum absolute atomic E-state index is 0.0118. The van der Waals surface area contributed by atoms with Crippen LogP contribution in [0.2, 0.25) is 0 Å². The van der Waals surface area contributed by atoms with Crippen molar-refractivity contribution >= 4 is 5.91 Å². The van der Waals surface area contributed by atoms with Gasteiger partial charge in [-0.3, -0.25) is 9.69 Å². The van der Waals surface area contributed by atoms with Gasteiger partial charge < -0.3 is 10.6 Å². The summed E-state index contributed by atoms with van der Waals surface area (Å²) in [6, 6.07) is 2.05. The molecule has 5 rings (SSSR count). The van der Waals surface area contributed by atoms with E-state index in [0.29, 0.717) is 24.6 Å². The van der Waals surface area contributed by atoms with Gasteiger partial charge in [0.25, 0.3) is 0 Å². The highest BCUT2D eigenvalue weighted by atomic mass is 19.1. The Morgan fingerprint density at radius 3 is 2.69 bits per heavy atom. The van der Waals surface area contributed by atoms with Crippen molar-refractivity contribution in [2.45, 2.75) is 50.6 Å². The van der Waals surface area contributed by atoms with E-state index in [-0.39, 0.29) is 22.9 Å². The van der Waals surface area contributed by atoms with E-state index in [1.54, 1.807) is 0 Å². The number of amides is 1. The predicted molar refractivity (Wildman–Crippen MR) is 102 cm³/mol. The second-order valence-electron chi connectivity index (χ2n) is 8.89. The number of primary amides is 1. The van der Waals surface area contributed by atoms with Crippen molar-refractivity contribution in [1.29, 1.82) is 0 Å². The fourth-order valence-corrected chi connectivity index (χ4v) is 6.24. The smallest absolute Gasteiger partial charge is 0.246 e. The number of rotatable bonds is 3. The number of allylic oxidation sites excluding steroid dienone is 1. The summed E-state index contributed by atoms with van der Waals surface area (Å²) < 4.78 is 42.6. The molecule has 154 valence electrons. The third-order valence-corrected chi connectivity index (χ3v) is 7.70. The first-order valence-corrected chi connectivity index (χ1v) is 10.2. The summed E-state index contributed by atoms with van der Waals surface area (Å²) >= 11 is 0. The van der Waals surface area contributed by atoms with Crippen molar-refractivity contribution in [3.8, 4) is 0 Å². The van der Waals surface area contributed by atoms with Gasteiger partial charge in [-0.05, 0) is 37.0 Å². The number of fused-ring (bicyclic) bond motifs is 6. The van der Waals surface area contributed by atoms with Crippen LogP contribution in [0.25, 0.3) is 0 Å². The Kier molecular flexibility index (Phi) is 4.11. The van der Waals surface area contributed by atoms with Gasteiger partial charge in [0, 0.05) is 60.3 Å². The molecule has 2 bridgehead atoms. The van der Waals surface area contributed by atoms with Gasteiger partial charge in [-0.25, -0.2) is 13.2 Å². The molecule has 3 aliphatic heterocycles. The number of carbonyl (C=O) groups is 1. The van der Waals surface area contributed by atoms with Crippen molar-refractivity contribution in [3.05, 3.63) is 58.7 Å². The van der Waals surface area contributed by atoms with Crippen molar-refractivity contribution in [2.24, 2.45) is 11.1 Å². The molecule has 1 amide bonds. The van der Waals surface area contributed by atoms with Gasteiger partial charge in [0.15, 0.2) is 0 Å². The van der Waals surface area contributed by atoms with Crippen LogP contribution in [0.4, 0.5) is 13.2 Å². The lowest BCUT2D eigenvalue weighted by atomic mass is 9.66. The molecule has 1 aromatic carbocycles. The van der Waals surface area contributed by atoms with Crippen LogP contribution >= 0.6 is 0 Å². The van der Waals surface area contributed by atoms with Gasteiger partial charge in [0.2, 0.25) is 5.91 Å². The quantitative estimate of drug-likeness (QED) is 0.842. The molecule has 29 heavy (non-hydrogen) atoms. The Bertz CT molecular complexity index is 936. The first-order chi connectivity index (χ1) is 13.8. The standard InChI is InChI=1S/C22H24F3N3O/c1-12(20-17(24)6-14(23)7-18(20)25)22-5-4-15(8-22)28-10-16-3-2-13(21(26)29)9-27(16)11-19(22)28/h3,6-7,9,12,15,19H,2,4-5,8,10-11H2,1H3,(H2,26,29)/t12-,15?,19?,22?/m0/s1. The highest BCUT2D eigenvalue weighted by Gasteiger charge is 2.61. The number of halogens is 3. The number of carbonyl (C=O) groups excluding carboxylic acids is 1. The lowest BCUT2D eigenvalue weighted by molar-refractivity contribution is -0.114. The second-order valence-corrected chi connectivity index (χ2v) is 8.89. The van der Waals surface area contributed by atoms with Crippen LogP contribution in [-0.2, 0) is 4.79 Å². The highest BCUT2D eigenvalue weighted by Crippen LogP contribution is 2.61. The molecule has 7 heteroatoms. The van der Waals surface area contributed by atoms with Crippen LogP contribution in [0.1, 0.15) is 44.1 Å². The van der Waals surface area contributed by atoms with Crippen LogP contribution in [0, 0.1) is 22.9 Å². The Morgan fingerprint density at radius 2 is 2.00 bits per heavy atom. The van der Waals surface area contributed by atoms with Crippen LogP contribution < -0.4 is 5.73 Å². The molecule has 1 aliphatic carbocycles. The number of hydrogen-bond donors (Lipinski definition) is 1. The molecule has 0 aromatic heterocycles. The number of nitrogens with zero attached hydrogens (tertiary/aromatic N) is 2. The second kappa shape index (κ2) is 6.36. The Balaban J connectivity index is 1.51. The molecular weight excluding hydrogens is 379 g/mol. The molecule has 3 fully saturated rings. The maximum atomic E-state index is 14.6. The Hall–Kier alpha value is -2.28. The predicted octanol–water partition coefficient (Wildman–Crippen LogP) is 3.40. The molecule has 4 nitrogen and oxygen atoms in total. The average molecular weight is 403 g/mol. The molecule has 0 spiro atoms. The maximum Gasteiger partial charge on any atom is 0.246 e. The Labute approximate surface area is 167 Å². The molecule has 3 heterocycles. The summed E-state index contributed by atoms with van der Waals surface area (Å²) in [6.07, 6.45) is 7.19. The van der Waals surface area contributed by atoms with Gasteiger partial charge in [-0.2, -0.15) is 0 Å². The van der Waals surface area contributed by atoms with Gasteiger partial charge in [0.1, 0.15) is 17.5 Å². The normalized spacial score (nSPS) is 31.8. The molecule has 1 aromatic rings. The number of hydrogen-bond acceptors (Lipinski definition) is 3. The lowest BCUT2D eigenvalue weighted by Gasteiger charge is -2.51. The largest absolute Gasteiger partial charge is 0.366 e. The minimum atomic E-state index is -0.893. The molecule has 3 unspecified atom stereocenters. The van der Waals surface area contributed by atoms with E-state index in [4.69, 9.17) is 5.73 Å². The van der Waals surface area contributed by atoms with Crippen molar-refractivity contribution in [1.82, 2.24) is 9.80 Å². The first kappa shape index (κ1) is 18.7. The highest BCUT2D eigenvalue weighted by molar-refractivity contribution is 5.92. The van der Waals surface area contributed by atoms with Crippen molar-refractivity contribution < 1.29 is 18.0 Å². The van der Waals surface area contributed by atoms with Crippen molar-refractivity contribution in [3.63, 3.8) is 0 Å². The molecule has 4 atom stereocenters. The minimum Gasteiger partial charge on any atom is -0.366 e. The third-order valence-electron chi connectivity index (χ3n) is 7.70. The zero-order chi connectivity index (χ0) is 20.5. The van der Waals surface area contributed by atoms with Gasteiger partial charge in [-0.15, -0.1) is 0 Å². The number of benzene rings is 1. The zero-order valence-electron chi connectivity index (χ0n) is 16.3. The van der Waals surface area contributed by atoms with Crippen LogP contribution in [0.3, 0.4) is 0 Å². The van der Waals surface area contributed by atoms with E-state index >= 15 is 0 Å². The van der Waals surface area contributed by atoms with Crippen LogP contribution in [-0.4, -0.2) is 40.9 Å². The fourth-order valence-electron chi connectivity index (χ4n) is 6.24. The Morgan fingerprint density at radius 1 is 1.28 bits per heavy atom. The molecule has 0 radical (unpaired) electrons. The molecule has 2 N–H and O–H groups in total. The molecular formula is C22H24F3N3O. The molecule has 1 saturated carbocycles. The third kappa shape index (κ3) is 2.66. The SMILES string of the molecule is C[C@@H](c1c(F)cc(F)cc1F)C12CCC(C1)N1CC3=CCC(C(N)=O)=CN3CC12. The molecule has 2 saturated heterocycles. The summed E-state index contributed by atoms with van der Waals surface area (Å²) in [7, 11) is 0. The van der Waals surface area contributed by atoms with Crippen molar-refractivity contribution in [2.75, 3.05) is 13.1 Å². The summed E-state index contributed by atoms with van der Waals surface area (Å²) in [5.41, 5.74) is 6.89. The van der Waals surface area contributed by atoms with E-state index in [0.717, 1.165) is 43.6 Å². The summed E-state index contributed by atoms with van der Waals surface area (Å²) in [6.45, 7) is 3.30. The van der Waals surface area contributed by atoms with Crippen LogP contribution in [0.15, 0.2) is 35.7 Å². The zero-order valence-corrected chi connectivity index (χ0v) is 16.3. The first-order valence-electron chi connectivity index (χ1n) is 10.2. The van der Waals surface area contributed by atoms with E-state index in [9.17, 15) is 18.0 Å². The maximum absolute atomic E-state index is 14.6. The average Bonchev–Trinajstić information content (AvgIpc) is 3.23. The van der Waals surface area contributed by atoms with E-state index in [1.807, 2.05) is 13.1 Å².